The van der Waals surface area contributed by atoms with Crippen LogP contribution in [0.25, 0.3) is 0 Å². The number of rotatable bonds is 8. The number of hydrogen-bond donors (Lipinski definition) is 2. The summed E-state index contributed by atoms with van der Waals surface area (Å²) in [6, 6.07) is 1.76. The maximum absolute atomic E-state index is 12.2. The molecule has 1 saturated carbocycles. The summed E-state index contributed by atoms with van der Waals surface area (Å²) in [5.41, 5.74) is 1.02. The highest BCUT2D eigenvalue weighted by atomic mass is 32.2. The standard InChI is InChI=1S/C13H22N2O3S2/c1-3-4-14-8-10-5-13(19-9-10)20(16,17)15-11-6-12(7-11)18-2/h5,9,11-12,14-15H,3-4,6-8H2,1-2H3. The summed E-state index contributed by atoms with van der Waals surface area (Å²) in [6.45, 7) is 3.76. The molecule has 2 rings (SSSR count). The summed E-state index contributed by atoms with van der Waals surface area (Å²) in [5, 5.41) is 5.17. The number of methoxy groups -OCH3 is 1. The Morgan fingerprint density at radius 3 is 2.85 bits per heavy atom. The van der Waals surface area contributed by atoms with Crippen molar-refractivity contribution in [3.05, 3.63) is 17.0 Å². The van der Waals surface area contributed by atoms with Gasteiger partial charge in [0, 0.05) is 19.7 Å². The van der Waals surface area contributed by atoms with E-state index in [0.717, 1.165) is 37.9 Å². The Balaban J connectivity index is 1.89. The molecular formula is C13H22N2O3S2. The SMILES string of the molecule is CCCNCc1csc(S(=O)(=O)NC2CC(OC)C2)c1. The fourth-order valence-corrected chi connectivity index (χ4v) is 4.62. The minimum absolute atomic E-state index is 0.00807. The van der Waals surface area contributed by atoms with Gasteiger partial charge in [0.25, 0.3) is 0 Å². The summed E-state index contributed by atoms with van der Waals surface area (Å²) in [5.74, 6) is 0. The molecule has 0 aliphatic heterocycles. The van der Waals surface area contributed by atoms with Gasteiger partial charge in [-0.2, -0.15) is 0 Å². The van der Waals surface area contributed by atoms with Crippen LogP contribution in [-0.2, 0) is 21.3 Å². The van der Waals surface area contributed by atoms with Crippen molar-refractivity contribution in [2.75, 3.05) is 13.7 Å². The van der Waals surface area contributed by atoms with Gasteiger partial charge in [0.15, 0.2) is 0 Å². The number of nitrogens with one attached hydrogen (secondary N) is 2. The van der Waals surface area contributed by atoms with Crippen molar-refractivity contribution in [2.45, 2.75) is 49.1 Å². The van der Waals surface area contributed by atoms with E-state index in [-0.39, 0.29) is 12.1 Å². The largest absolute Gasteiger partial charge is 0.381 e. The zero-order chi connectivity index (χ0) is 14.6. The van der Waals surface area contributed by atoms with Crippen LogP contribution in [0, 0.1) is 0 Å². The highest BCUT2D eigenvalue weighted by Gasteiger charge is 2.33. The molecule has 1 heterocycles. The molecule has 0 bridgehead atoms. The molecule has 1 fully saturated rings. The molecule has 0 amide bonds. The van der Waals surface area contributed by atoms with E-state index in [0.29, 0.717) is 4.21 Å². The first-order valence-electron chi connectivity index (χ1n) is 6.88. The van der Waals surface area contributed by atoms with Crippen LogP contribution in [-0.4, -0.2) is 34.2 Å². The lowest BCUT2D eigenvalue weighted by molar-refractivity contribution is 0.0236. The number of sulfonamides is 1. The van der Waals surface area contributed by atoms with E-state index in [4.69, 9.17) is 4.74 Å². The average molecular weight is 318 g/mol. The van der Waals surface area contributed by atoms with E-state index in [1.807, 2.05) is 5.38 Å². The number of thiophene rings is 1. The predicted molar refractivity (Wildman–Crippen MR) is 80.5 cm³/mol. The lowest BCUT2D eigenvalue weighted by Crippen LogP contribution is -2.47. The van der Waals surface area contributed by atoms with Gasteiger partial charge in [0.05, 0.1) is 6.10 Å². The lowest BCUT2D eigenvalue weighted by Gasteiger charge is -2.34. The van der Waals surface area contributed by atoms with Crippen molar-refractivity contribution in [1.82, 2.24) is 10.0 Å². The van der Waals surface area contributed by atoms with E-state index in [9.17, 15) is 8.42 Å². The topological polar surface area (TPSA) is 67.4 Å². The first-order valence-corrected chi connectivity index (χ1v) is 9.24. The normalized spacial score (nSPS) is 22.7. The van der Waals surface area contributed by atoms with Crippen molar-refractivity contribution in [3.63, 3.8) is 0 Å². The van der Waals surface area contributed by atoms with Crippen LogP contribution in [0.2, 0.25) is 0 Å². The molecular weight excluding hydrogens is 296 g/mol. The van der Waals surface area contributed by atoms with Crippen molar-refractivity contribution in [3.8, 4) is 0 Å². The molecule has 0 aromatic carbocycles. The van der Waals surface area contributed by atoms with Gasteiger partial charge < -0.3 is 10.1 Å². The Morgan fingerprint density at radius 1 is 1.45 bits per heavy atom. The van der Waals surface area contributed by atoms with E-state index in [1.54, 1.807) is 13.2 Å². The second kappa shape index (κ2) is 7.00. The lowest BCUT2D eigenvalue weighted by atomic mass is 9.90. The van der Waals surface area contributed by atoms with Gasteiger partial charge in [-0.3, -0.25) is 0 Å². The van der Waals surface area contributed by atoms with Crippen LogP contribution in [0.15, 0.2) is 15.7 Å². The highest BCUT2D eigenvalue weighted by Crippen LogP contribution is 2.26. The summed E-state index contributed by atoms with van der Waals surface area (Å²) in [4.78, 5) is 0. The van der Waals surface area contributed by atoms with Gasteiger partial charge in [-0.05, 0) is 42.8 Å². The summed E-state index contributed by atoms with van der Waals surface area (Å²) >= 11 is 1.28. The summed E-state index contributed by atoms with van der Waals surface area (Å²) < 4.78 is 32.7. The van der Waals surface area contributed by atoms with Gasteiger partial charge in [-0.25, -0.2) is 13.1 Å². The minimum Gasteiger partial charge on any atom is -0.381 e. The summed E-state index contributed by atoms with van der Waals surface area (Å²) in [6.07, 6.45) is 2.77. The molecule has 5 nitrogen and oxygen atoms in total. The van der Waals surface area contributed by atoms with Crippen molar-refractivity contribution >= 4 is 21.4 Å². The first-order chi connectivity index (χ1) is 9.55. The predicted octanol–water partition coefficient (Wildman–Crippen LogP) is 1.70. The van der Waals surface area contributed by atoms with Crippen LogP contribution in [0.5, 0.6) is 0 Å². The van der Waals surface area contributed by atoms with Gasteiger partial charge in [0.1, 0.15) is 4.21 Å². The molecule has 1 aliphatic rings. The van der Waals surface area contributed by atoms with E-state index >= 15 is 0 Å². The molecule has 0 unspecified atom stereocenters. The second-order valence-electron chi connectivity index (χ2n) is 5.10. The minimum atomic E-state index is -3.38. The van der Waals surface area contributed by atoms with Crippen LogP contribution in [0.4, 0.5) is 0 Å². The van der Waals surface area contributed by atoms with Gasteiger partial charge in [-0.1, -0.05) is 6.92 Å². The maximum Gasteiger partial charge on any atom is 0.250 e. The Kier molecular flexibility index (Phi) is 5.57. The van der Waals surface area contributed by atoms with Crippen molar-refractivity contribution in [1.29, 1.82) is 0 Å². The Labute approximate surface area is 124 Å². The molecule has 1 aromatic rings. The molecule has 7 heteroatoms. The Hall–Kier alpha value is -0.470. The van der Waals surface area contributed by atoms with Crippen LogP contribution >= 0.6 is 11.3 Å². The fraction of sp³-hybridized carbons (Fsp3) is 0.692. The molecule has 1 aromatic heterocycles. The van der Waals surface area contributed by atoms with E-state index in [1.165, 1.54) is 11.3 Å². The second-order valence-corrected chi connectivity index (χ2v) is 7.95. The van der Waals surface area contributed by atoms with Crippen molar-refractivity contribution in [2.24, 2.45) is 0 Å². The third-order valence-corrected chi connectivity index (χ3v) is 6.41. The highest BCUT2D eigenvalue weighted by molar-refractivity contribution is 7.91. The summed E-state index contributed by atoms with van der Waals surface area (Å²) in [7, 11) is -1.72. The van der Waals surface area contributed by atoms with Crippen LogP contribution < -0.4 is 10.0 Å². The van der Waals surface area contributed by atoms with Crippen molar-refractivity contribution < 1.29 is 13.2 Å². The monoisotopic (exact) mass is 318 g/mol. The smallest absolute Gasteiger partial charge is 0.250 e. The first kappa shape index (κ1) is 15.9. The molecule has 0 spiro atoms. The Bertz CT molecular complexity index is 521. The maximum atomic E-state index is 12.2. The average Bonchev–Trinajstić information content (AvgIpc) is 2.83. The zero-order valence-electron chi connectivity index (χ0n) is 11.9. The quantitative estimate of drug-likeness (QED) is 0.716. The molecule has 1 aliphatic carbocycles. The van der Waals surface area contributed by atoms with Crippen LogP contribution in [0.3, 0.4) is 0 Å². The molecule has 114 valence electrons. The van der Waals surface area contributed by atoms with E-state index in [2.05, 4.69) is 17.0 Å². The molecule has 0 saturated heterocycles. The third-order valence-electron chi connectivity index (χ3n) is 3.40. The number of hydrogen-bond acceptors (Lipinski definition) is 5. The molecule has 20 heavy (non-hydrogen) atoms. The Morgan fingerprint density at radius 2 is 2.20 bits per heavy atom. The molecule has 0 radical (unpaired) electrons. The number of ether oxygens (including phenoxy) is 1. The fourth-order valence-electron chi connectivity index (χ4n) is 2.13. The van der Waals surface area contributed by atoms with Gasteiger partial charge >= 0.3 is 0 Å². The third kappa shape index (κ3) is 4.02. The van der Waals surface area contributed by atoms with Gasteiger partial charge in [0.2, 0.25) is 10.0 Å². The van der Waals surface area contributed by atoms with E-state index < -0.39 is 10.0 Å². The molecule has 0 atom stereocenters. The van der Waals surface area contributed by atoms with Gasteiger partial charge in [-0.15, -0.1) is 11.3 Å². The van der Waals surface area contributed by atoms with Crippen LogP contribution in [0.1, 0.15) is 31.7 Å². The molecule has 2 N–H and O–H groups in total. The zero-order valence-corrected chi connectivity index (χ0v) is 13.5.